The van der Waals surface area contributed by atoms with Crippen LogP contribution in [0.2, 0.25) is 0 Å². The van der Waals surface area contributed by atoms with E-state index in [0.29, 0.717) is 24.2 Å². The molecule has 3 atom stereocenters. The van der Waals surface area contributed by atoms with Gasteiger partial charge in [0, 0.05) is 56.8 Å². The molecule has 0 radical (unpaired) electrons. The van der Waals surface area contributed by atoms with Gasteiger partial charge in [0.05, 0.1) is 0 Å². The maximum absolute atomic E-state index is 13.1. The van der Waals surface area contributed by atoms with Crippen LogP contribution in [0.4, 0.5) is 0 Å². The number of hydrogen-bond acceptors (Lipinski definition) is 3. The molecule has 3 heterocycles. The minimum Gasteiger partial charge on any atom is -0.342 e. The summed E-state index contributed by atoms with van der Waals surface area (Å²) in [6.45, 7) is 3.31. The van der Waals surface area contributed by atoms with Crippen LogP contribution >= 0.6 is 0 Å². The van der Waals surface area contributed by atoms with Crippen molar-refractivity contribution >= 4 is 11.8 Å². The summed E-state index contributed by atoms with van der Waals surface area (Å²) in [6.07, 6.45) is 13.1. The van der Waals surface area contributed by atoms with E-state index in [0.717, 1.165) is 64.0 Å². The summed E-state index contributed by atoms with van der Waals surface area (Å²) in [5.74, 6) is 2.01. The number of pyridine rings is 1. The highest BCUT2D eigenvalue weighted by Gasteiger charge is 2.45. The zero-order chi connectivity index (χ0) is 19.8. The third-order valence-electron chi connectivity index (χ3n) is 7.84. The highest BCUT2D eigenvalue weighted by atomic mass is 16.2. The summed E-state index contributed by atoms with van der Waals surface area (Å²) >= 11 is 0. The highest BCUT2D eigenvalue weighted by Crippen LogP contribution is 2.45. The van der Waals surface area contributed by atoms with E-state index in [1.807, 2.05) is 24.4 Å². The molecule has 5 nitrogen and oxygen atoms in total. The van der Waals surface area contributed by atoms with Crippen LogP contribution in [0.15, 0.2) is 36.5 Å². The maximum atomic E-state index is 13.1. The Morgan fingerprint density at radius 1 is 1.14 bits per heavy atom. The summed E-state index contributed by atoms with van der Waals surface area (Å²) in [5.41, 5.74) is 1.24. The highest BCUT2D eigenvalue weighted by molar-refractivity contribution is 5.80. The van der Waals surface area contributed by atoms with Crippen molar-refractivity contribution in [2.75, 3.05) is 26.2 Å². The molecule has 1 spiro atoms. The van der Waals surface area contributed by atoms with Crippen molar-refractivity contribution in [1.82, 2.24) is 14.8 Å². The molecule has 5 heteroatoms. The summed E-state index contributed by atoms with van der Waals surface area (Å²) in [7, 11) is 0. The Morgan fingerprint density at radius 2 is 2.00 bits per heavy atom. The molecule has 2 saturated heterocycles. The molecule has 0 unspecified atom stereocenters. The number of piperidine rings is 2. The van der Waals surface area contributed by atoms with Crippen LogP contribution in [0.1, 0.15) is 44.2 Å². The van der Waals surface area contributed by atoms with E-state index < -0.39 is 0 Å². The second-order valence-corrected chi connectivity index (χ2v) is 9.60. The van der Waals surface area contributed by atoms with Gasteiger partial charge in [0.1, 0.15) is 0 Å². The lowest BCUT2D eigenvalue weighted by Crippen LogP contribution is -2.53. The third-order valence-corrected chi connectivity index (χ3v) is 7.84. The van der Waals surface area contributed by atoms with Gasteiger partial charge in [-0.15, -0.1) is 0 Å². The Bertz CT molecular complexity index is 798. The van der Waals surface area contributed by atoms with Crippen molar-refractivity contribution < 1.29 is 9.59 Å². The van der Waals surface area contributed by atoms with Crippen molar-refractivity contribution in [2.45, 2.75) is 44.9 Å². The smallest absolute Gasteiger partial charge is 0.226 e. The second kappa shape index (κ2) is 7.58. The van der Waals surface area contributed by atoms with Gasteiger partial charge in [0.2, 0.25) is 11.8 Å². The van der Waals surface area contributed by atoms with Gasteiger partial charge in [0.25, 0.3) is 0 Å². The monoisotopic (exact) mass is 393 g/mol. The van der Waals surface area contributed by atoms with Crippen molar-refractivity contribution in [3.63, 3.8) is 0 Å². The van der Waals surface area contributed by atoms with Crippen LogP contribution in [0.5, 0.6) is 0 Å². The fourth-order valence-electron chi connectivity index (χ4n) is 6.01. The number of amides is 2. The molecule has 2 aliphatic heterocycles. The predicted octanol–water partition coefficient (Wildman–Crippen LogP) is 3.07. The van der Waals surface area contributed by atoms with Gasteiger partial charge in [-0.2, -0.15) is 0 Å². The van der Waals surface area contributed by atoms with E-state index in [-0.39, 0.29) is 17.2 Å². The molecule has 2 aliphatic carbocycles. The molecule has 2 bridgehead atoms. The summed E-state index contributed by atoms with van der Waals surface area (Å²) < 4.78 is 0. The molecule has 1 saturated carbocycles. The van der Waals surface area contributed by atoms with E-state index in [1.54, 1.807) is 0 Å². The molecule has 4 aliphatic rings. The fraction of sp³-hybridized carbons (Fsp3) is 0.625. The zero-order valence-electron chi connectivity index (χ0n) is 17.1. The number of allylic oxidation sites excluding steroid dienone is 2. The Morgan fingerprint density at radius 3 is 2.69 bits per heavy atom. The largest absolute Gasteiger partial charge is 0.342 e. The van der Waals surface area contributed by atoms with Crippen molar-refractivity contribution in [3.05, 3.63) is 42.2 Å². The average Bonchev–Trinajstić information content (AvgIpc) is 3.39. The number of likely N-dealkylation sites (tertiary alicyclic amines) is 2. The van der Waals surface area contributed by atoms with Gasteiger partial charge in [-0.3, -0.25) is 14.6 Å². The number of hydrogen-bond donors (Lipinski definition) is 0. The van der Waals surface area contributed by atoms with E-state index in [2.05, 4.69) is 26.9 Å². The van der Waals surface area contributed by atoms with Gasteiger partial charge in [0.15, 0.2) is 0 Å². The Hall–Kier alpha value is -2.17. The molecule has 2 amide bonds. The first-order valence-electron chi connectivity index (χ1n) is 11.3. The number of carbonyl (C=O) groups is 2. The van der Waals surface area contributed by atoms with Crippen molar-refractivity contribution in [2.24, 2.45) is 23.2 Å². The summed E-state index contributed by atoms with van der Waals surface area (Å²) in [6, 6.07) is 5.95. The van der Waals surface area contributed by atoms with Crippen LogP contribution in [0, 0.1) is 23.2 Å². The molecule has 0 N–H and O–H groups in total. The van der Waals surface area contributed by atoms with E-state index in [9.17, 15) is 9.59 Å². The van der Waals surface area contributed by atoms with Crippen LogP contribution in [-0.2, 0) is 16.0 Å². The first-order valence-corrected chi connectivity index (χ1v) is 11.3. The number of carbonyl (C=O) groups excluding carboxylic acids is 2. The molecule has 29 heavy (non-hydrogen) atoms. The van der Waals surface area contributed by atoms with E-state index in [4.69, 9.17) is 0 Å². The third kappa shape index (κ3) is 3.72. The minimum absolute atomic E-state index is 0.198. The lowest BCUT2D eigenvalue weighted by Gasteiger charge is -2.48. The van der Waals surface area contributed by atoms with E-state index >= 15 is 0 Å². The van der Waals surface area contributed by atoms with Gasteiger partial charge >= 0.3 is 0 Å². The Kier molecular flexibility index (Phi) is 4.92. The predicted molar refractivity (Wildman–Crippen MR) is 111 cm³/mol. The van der Waals surface area contributed by atoms with Crippen molar-refractivity contribution in [3.8, 4) is 0 Å². The molecular formula is C24H31N3O2. The lowest BCUT2D eigenvalue weighted by molar-refractivity contribution is -0.144. The van der Waals surface area contributed by atoms with Crippen molar-refractivity contribution in [1.29, 1.82) is 0 Å². The zero-order valence-corrected chi connectivity index (χ0v) is 17.1. The number of fused-ring (bicyclic) bond motifs is 2. The van der Waals surface area contributed by atoms with Gasteiger partial charge in [-0.1, -0.05) is 18.2 Å². The first kappa shape index (κ1) is 18.8. The second-order valence-electron chi connectivity index (χ2n) is 9.60. The minimum atomic E-state index is 0.198. The van der Waals surface area contributed by atoms with Crippen LogP contribution in [0.25, 0.3) is 0 Å². The normalized spacial score (nSPS) is 30.3. The fourth-order valence-corrected chi connectivity index (χ4v) is 6.01. The standard InChI is InChI=1S/C24H31N3O2/c28-22-6-8-24(17-27(22)12-7-20-3-1-2-11-25-20)9-13-26(14-10-24)23(29)21-16-18-4-5-19(21)15-18/h1-5,11,18-19,21H,6-10,12-17H2/t18-,19+,21+/m1/s1. The average molecular weight is 394 g/mol. The number of nitrogens with zero attached hydrogens (tertiary/aromatic N) is 3. The molecule has 5 rings (SSSR count). The summed E-state index contributed by atoms with van der Waals surface area (Å²) in [5, 5.41) is 0. The topological polar surface area (TPSA) is 53.5 Å². The van der Waals surface area contributed by atoms with Crippen LogP contribution in [0.3, 0.4) is 0 Å². The van der Waals surface area contributed by atoms with Gasteiger partial charge in [-0.25, -0.2) is 0 Å². The molecule has 0 aromatic carbocycles. The number of aromatic nitrogens is 1. The number of rotatable bonds is 4. The SMILES string of the molecule is O=C1CCC2(CCN(C(=O)[C@H]3C[C@@H]4C=C[C@H]3C4)CC2)CN1CCc1ccccn1. The maximum Gasteiger partial charge on any atom is 0.226 e. The molecule has 1 aromatic rings. The first-order chi connectivity index (χ1) is 14.1. The molecular weight excluding hydrogens is 362 g/mol. The Balaban J connectivity index is 1.17. The molecule has 1 aromatic heterocycles. The molecule has 154 valence electrons. The quantitative estimate of drug-likeness (QED) is 0.739. The van der Waals surface area contributed by atoms with Crippen LogP contribution in [-0.4, -0.2) is 52.8 Å². The Labute approximate surface area is 173 Å². The lowest BCUT2D eigenvalue weighted by atomic mass is 9.72. The van der Waals surface area contributed by atoms with Crippen LogP contribution < -0.4 is 0 Å². The molecule has 3 fully saturated rings. The van der Waals surface area contributed by atoms with Gasteiger partial charge < -0.3 is 9.80 Å². The van der Waals surface area contributed by atoms with E-state index in [1.165, 1.54) is 6.42 Å². The van der Waals surface area contributed by atoms with Gasteiger partial charge in [-0.05, 0) is 61.5 Å². The summed E-state index contributed by atoms with van der Waals surface area (Å²) in [4.78, 5) is 34.1.